The first-order chi connectivity index (χ1) is 24.4. The van der Waals surface area contributed by atoms with Crippen molar-refractivity contribution in [1.29, 1.82) is 0 Å². The van der Waals surface area contributed by atoms with Gasteiger partial charge in [0.25, 0.3) is 0 Å². The van der Waals surface area contributed by atoms with E-state index in [0.29, 0.717) is 12.5 Å². The van der Waals surface area contributed by atoms with Gasteiger partial charge in [-0.25, -0.2) is 0 Å². The molecule has 3 aromatic rings. The summed E-state index contributed by atoms with van der Waals surface area (Å²) in [6.07, 6.45) is 13.4. The first-order valence-electron chi connectivity index (χ1n) is 18.4. The molecular weight excluding hydrogens is 688 g/mol. The largest absolute Gasteiger partial charge is 0.495 e. The van der Waals surface area contributed by atoms with Crippen molar-refractivity contribution in [3.8, 4) is 5.75 Å². The summed E-state index contributed by atoms with van der Waals surface area (Å²) >= 11 is 3.69. The van der Waals surface area contributed by atoms with Gasteiger partial charge in [-0.3, -0.25) is 9.69 Å². The number of carbonyl (C=O) groups is 1. The number of hydrogen-bond donors (Lipinski definition) is 2. The normalized spacial score (nSPS) is 15.3. The van der Waals surface area contributed by atoms with E-state index < -0.39 is 0 Å². The number of nitrogens with zero attached hydrogens (tertiary/aromatic N) is 2. The first-order valence-corrected chi connectivity index (χ1v) is 19.2. The van der Waals surface area contributed by atoms with Crippen molar-refractivity contribution in [3.63, 3.8) is 0 Å². The van der Waals surface area contributed by atoms with Crippen molar-refractivity contribution >= 4 is 33.3 Å². The molecule has 50 heavy (non-hydrogen) atoms. The minimum atomic E-state index is -0.143. The van der Waals surface area contributed by atoms with E-state index >= 15 is 0 Å². The van der Waals surface area contributed by atoms with Crippen LogP contribution in [0.3, 0.4) is 0 Å². The van der Waals surface area contributed by atoms with E-state index in [2.05, 4.69) is 104 Å². The van der Waals surface area contributed by atoms with E-state index in [1.54, 1.807) is 12.7 Å². The average molecular weight is 744 g/mol. The Kier molecular flexibility index (Phi) is 14.7. The van der Waals surface area contributed by atoms with E-state index in [1.165, 1.54) is 43.2 Å². The molecule has 1 heterocycles. The Morgan fingerprint density at radius 2 is 1.70 bits per heavy atom. The highest BCUT2D eigenvalue weighted by Gasteiger charge is 2.25. The number of hydrogen-bond acceptors (Lipinski definition) is 7. The number of para-hydroxylation sites is 1. The molecule has 5 rings (SSSR count). The molecular formula is C42H55BrN4O3. The molecule has 0 unspecified atom stereocenters. The van der Waals surface area contributed by atoms with Crippen LogP contribution in [-0.2, 0) is 22.5 Å². The predicted molar refractivity (Wildman–Crippen MR) is 209 cm³/mol. The predicted octanol–water partition coefficient (Wildman–Crippen LogP) is 9.77. The summed E-state index contributed by atoms with van der Waals surface area (Å²) < 4.78 is 11.9. The lowest BCUT2D eigenvalue weighted by molar-refractivity contribution is -0.142. The second-order valence-electron chi connectivity index (χ2n) is 13.6. The van der Waals surface area contributed by atoms with Gasteiger partial charge >= 0.3 is 5.97 Å². The maximum absolute atomic E-state index is 11.8. The minimum Gasteiger partial charge on any atom is -0.495 e. The fourth-order valence-electron chi connectivity index (χ4n) is 6.81. The molecule has 2 aliphatic rings. The van der Waals surface area contributed by atoms with Gasteiger partial charge in [-0.1, -0.05) is 67.4 Å². The Labute approximate surface area is 308 Å². The lowest BCUT2D eigenvalue weighted by Gasteiger charge is -2.36. The standard InChI is InChI=1S/C42H55BrN4O3/c1-4-5-7-19-41(44-37-18-11-10-17-36(37)43)45-38-21-20-34(29-40(38)49-2)28-39(35-15-12-16-35)47(30-33-13-8-6-9-14-33)27-24-32-22-25-46(26-23-32)31-42(48)50-3/h6,8-11,13-14,17-21,29,32,44-45H,4-5,7,12,15-16,22-28,30-31H2,1-3H3/b41-19-. The Hall–Kier alpha value is -3.75. The number of anilines is 2. The van der Waals surface area contributed by atoms with Gasteiger partial charge in [0, 0.05) is 29.7 Å². The van der Waals surface area contributed by atoms with Crippen molar-refractivity contribution in [2.24, 2.45) is 5.92 Å². The third-order valence-electron chi connectivity index (χ3n) is 10.0. The number of esters is 1. The Balaban J connectivity index is 1.32. The fraction of sp³-hybridized carbons (Fsp3) is 0.452. The van der Waals surface area contributed by atoms with Crippen LogP contribution in [0.4, 0.5) is 11.4 Å². The molecule has 1 aliphatic heterocycles. The summed E-state index contributed by atoms with van der Waals surface area (Å²) in [5.74, 6) is 2.29. The van der Waals surface area contributed by atoms with E-state index in [1.807, 2.05) is 18.2 Å². The summed E-state index contributed by atoms with van der Waals surface area (Å²) in [5.41, 5.74) is 7.62. The molecule has 8 heteroatoms. The van der Waals surface area contributed by atoms with Crippen LogP contribution >= 0.6 is 15.9 Å². The SMILES string of the molecule is CCCC/C=C(/Nc1ccccc1Br)Nc1ccc(CC(=C2CCC2)N(CCC2CCN(CC(=O)OC)CC2)Cc2ccccc2)cc1OC. The van der Waals surface area contributed by atoms with Gasteiger partial charge in [-0.05, 0) is 128 Å². The minimum absolute atomic E-state index is 0.143. The number of allylic oxidation sites excluding steroid dienone is 3. The number of methoxy groups -OCH3 is 2. The van der Waals surface area contributed by atoms with Crippen LogP contribution in [0.25, 0.3) is 0 Å². The van der Waals surface area contributed by atoms with Gasteiger partial charge in [0.05, 0.1) is 32.1 Å². The molecule has 0 bridgehead atoms. The molecule has 1 saturated carbocycles. The Bertz CT molecular complexity index is 1580. The first kappa shape index (κ1) is 37.5. The second kappa shape index (κ2) is 19.6. The highest BCUT2D eigenvalue weighted by Crippen LogP contribution is 2.36. The summed E-state index contributed by atoms with van der Waals surface area (Å²) in [6, 6.07) is 25.7. The number of piperidine rings is 1. The number of unbranched alkanes of at least 4 members (excludes halogenated alkanes) is 2. The number of benzene rings is 3. The van der Waals surface area contributed by atoms with Crippen molar-refractivity contribution in [3.05, 3.63) is 112 Å². The maximum Gasteiger partial charge on any atom is 0.319 e. The van der Waals surface area contributed by atoms with Crippen molar-refractivity contribution in [1.82, 2.24) is 9.80 Å². The Morgan fingerprint density at radius 1 is 0.960 bits per heavy atom. The van der Waals surface area contributed by atoms with Crippen LogP contribution in [0.2, 0.25) is 0 Å². The molecule has 2 N–H and O–H groups in total. The van der Waals surface area contributed by atoms with Crippen molar-refractivity contribution in [2.75, 3.05) is 51.0 Å². The monoisotopic (exact) mass is 742 g/mol. The van der Waals surface area contributed by atoms with Gasteiger partial charge in [0.2, 0.25) is 0 Å². The van der Waals surface area contributed by atoms with Gasteiger partial charge in [0.1, 0.15) is 11.6 Å². The molecule has 0 atom stereocenters. The maximum atomic E-state index is 11.8. The molecule has 0 radical (unpaired) electrons. The molecule has 0 amide bonds. The number of nitrogens with one attached hydrogen (secondary N) is 2. The molecule has 0 aromatic heterocycles. The van der Waals surface area contributed by atoms with Crippen LogP contribution in [0.5, 0.6) is 5.75 Å². The van der Waals surface area contributed by atoms with Crippen molar-refractivity contribution in [2.45, 2.75) is 77.7 Å². The van der Waals surface area contributed by atoms with E-state index in [4.69, 9.17) is 9.47 Å². The highest BCUT2D eigenvalue weighted by molar-refractivity contribution is 9.10. The number of likely N-dealkylation sites (tertiary alicyclic amines) is 1. The van der Waals surface area contributed by atoms with Gasteiger partial charge in [-0.15, -0.1) is 0 Å². The summed E-state index contributed by atoms with van der Waals surface area (Å²) in [7, 11) is 3.23. The highest BCUT2D eigenvalue weighted by atomic mass is 79.9. The zero-order chi connectivity index (χ0) is 35.1. The van der Waals surface area contributed by atoms with Gasteiger partial charge in [0.15, 0.2) is 0 Å². The van der Waals surface area contributed by atoms with Gasteiger partial charge in [-0.2, -0.15) is 0 Å². The third-order valence-corrected chi connectivity index (χ3v) is 10.7. The average Bonchev–Trinajstić information content (AvgIpc) is 3.11. The zero-order valence-electron chi connectivity index (χ0n) is 30.2. The molecule has 2 fully saturated rings. The summed E-state index contributed by atoms with van der Waals surface area (Å²) in [4.78, 5) is 16.7. The topological polar surface area (TPSA) is 66.1 Å². The van der Waals surface area contributed by atoms with Crippen molar-refractivity contribution < 1.29 is 14.3 Å². The fourth-order valence-corrected chi connectivity index (χ4v) is 7.20. The van der Waals surface area contributed by atoms with Crippen LogP contribution in [0.15, 0.2) is 100 Å². The number of ether oxygens (including phenoxy) is 2. The van der Waals surface area contributed by atoms with Crippen LogP contribution in [0.1, 0.15) is 75.8 Å². The molecule has 0 spiro atoms. The molecule has 268 valence electrons. The van der Waals surface area contributed by atoms with Crippen LogP contribution in [0, 0.1) is 5.92 Å². The number of halogens is 1. The summed E-state index contributed by atoms with van der Waals surface area (Å²) in [5, 5.41) is 7.23. The second-order valence-corrected chi connectivity index (χ2v) is 14.5. The Morgan fingerprint density at radius 3 is 2.38 bits per heavy atom. The number of carbonyl (C=O) groups excluding carboxylic acids is 1. The quantitative estimate of drug-likeness (QED) is 0.0994. The van der Waals surface area contributed by atoms with Crippen LogP contribution < -0.4 is 15.4 Å². The third kappa shape index (κ3) is 11.1. The van der Waals surface area contributed by atoms with Crippen LogP contribution in [-0.4, -0.2) is 56.2 Å². The van der Waals surface area contributed by atoms with E-state index in [0.717, 1.165) is 98.5 Å². The molecule has 3 aromatic carbocycles. The van der Waals surface area contributed by atoms with E-state index in [-0.39, 0.29) is 5.97 Å². The molecule has 7 nitrogen and oxygen atoms in total. The zero-order valence-corrected chi connectivity index (χ0v) is 31.8. The number of rotatable bonds is 18. The van der Waals surface area contributed by atoms with Gasteiger partial charge < -0.3 is 25.0 Å². The molecule has 1 aliphatic carbocycles. The molecule has 1 saturated heterocycles. The lowest BCUT2D eigenvalue weighted by atomic mass is 9.87. The lowest BCUT2D eigenvalue weighted by Crippen LogP contribution is -2.38. The van der Waals surface area contributed by atoms with E-state index in [9.17, 15) is 4.79 Å². The summed E-state index contributed by atoms with van der Waals surface area (Å²) in [6.45, 7) is 6.47. The smallest absolute Gasteiger partial charge is 0.319 e.